The van der Waals surface area contributed by atoms with Crippen molar-refractivity contribution in [3.8, 4) is 40.2 Å². The number of nitrogens with zero attached hydrogens (tertiary/aromatic N) is 3. The van der Waals surface area contributed by atoms with Gasteiger partial charge in [0.1, 0.15) is 22.5 Å². The van der Waals surface area contributed by atoms with Gasteiger partial charge in [0.2, 0.25) is 5.75 Å². The fourth-order valence-electron chi connectivity index (χ4n) is 4.61. The molecule has 0 atom stereocenters. The van der Waals surface area contributed by atoms with Crippen molar-refractivity contribution in [2.45, 2.75) is 37.7 Å². The Morgan fingerprint density at radius 3 is 2.21 bits per heavy atom. The van der Waals surface area contributed by atoms with E-state index in [0.717, 1.165) is 17.8 Å². The predicted molar refractivity (Wildman–Crippen MR) is 177 cm³/mol. The first-order chi connectivity index (χ1) is 23.1. The normalized spacial score (nSPS) is 11.2. The van der Waals surface area contributed by atoms with Crippen LogP contribution in [0, 0.1) is 11.3 Å². The van der Waals surface area contributed by atoms with E-state index in [1.807, 2.05) is 26.8 Å². The molecule has 9 nitrogen and oxygen atoms in total. The van der Waals surface area contributed by atoms with Gasteiger partial charge in [-0.15, -0.1) is 11.8 Å². The molecule has 48 heavy (non-hydrogen) atoms. The van der Waals surface area contributed by atoms with Crippen LogP contribution in [0.5, 0.6) is 23.0 Å². The monoisotopic (exact) mass is 678 g/mol. The van der Waals surface area contributed by atoms with Crippen LogP contribution in [-0.4, -0.2) is 44.0 Å². The minimum atomic E-state index is -4.72. The first-order valence-corrected chi connectivity index (χ1v) is 15.9. The number of hydrazone groups is 1. The molecule has 0 aliphatic rings. The number of carbonyl (C=O) groups excluding carboxylic acids is 1. The molecular formula is C35H33F3N4O5S. The molecule has 0 unspecified atom stereocenters. The first kappa shape index (κ1) is 35.6. The van der Waals surface area contributed by atoms with E-state index in [4.69, 9.17) is 18.9 Å². The molecule has 0 fully saturated rings. The molecule has 0 radical (unpaired) electrons. The number of hydrogen-bond acceptors (Lipinski definition) is 9. The third-order valence-electron chi connectivity index (χ3n) is 6.69. The van der Waals surface area contributed by atoms with Gasteiger partial charge in [-0.25, -0.2) is 10.4 Å². The van der Waals surface area contributed by atoms with Crippen LogP contribution in [0.4, 0.5) is 13.2 Å². The third-order valence-corrected chi connectivity index (χ3v) is 7.72. The average Bonchev–Trinajstić information content (AvgIpc) is 3.08. The number of halogens is 3. The van der Waals surface area contributed by atoms with Crippen molar-refractivity contribution in [2.75, 3.05) is 26.9 Å². The van der Waals surface area contributed by atoms with E-state index in [1.165, 1.54) is 13.3 Å². The Bertz CT molecular complexity index is 1780. The second-order valence-corrected chi connectivity index (χ2v) is 10.8. The summed E-state index contributed by atoms with van der Waals surface area (Å²) in [5, 5.41) is 14.0. The lowest BCUT2D eigenvalue weighted by atomic mass is 10.0. The lowest BCUT2D eigenvalue weighted by molar-refractivity contribution is -0.141. The number of carbonyl (C=O) groups is 1. The van der Waals surface area contributed by atoms with Crippen LogP contribution in [0.25, 0.3) is 11.1 Å². The molecule has 0 spiro atoms. The Morgan fingerprint density at radius 1 is 0.958 bits per heavy atom. The highest BCUT2D eigenvalue weighted by atomic mass is 32.2. The van der Waals surface area contributed by atoms with Crippen molar-refractivity contribution < 1.29 is 36.9 Å². The highest BCUT2D eigenvalue weighted by molar-refractivity contribution is 7.98. The van der Waals surface area contributed by atoms with Crippen LogP contribution in [-0.2, 0) is 11.9 Å². The summed E-state index contributed by atoms with van der Waals surface area (Å²) in [5.74, 6) is 1.21. The molecule has 1 amide bonds. The van der Waals surface area contributed by atoms with Crippen LogP contribution in [0.2, 0.25) is 0 Å². The van der Waals surface area contributed by atoms with Crippen molar-refractivity contribution in [3.63, 3.8) is 0 Å². The van der Waals surface area contributed by atoms with E-state index in [2.05, 4.69) is 15.5 Å². The summed E-state index contributed by atoms with van der Waals surface area (Å²) >= 11 is 0.981. The van der Waals surface area contributed by atoms with Gasteiger partial charge >= 0.3 is 6.18 Å². The van der Waals surface area contributed by atoms with Crippen LogP contribution >= 0.6 is 11.8 Å². The number of benzene rings is 3. The number of hydrogen-bond donors (Lipinski definition) is 1. The Kier molecular flexibility index (Phi) is 12.3. The molecule has 0 aliphatic heterocycles. The standard InChI is InChI=1S/C35H33F3N4O5S/c1-5-45-29-16-24(17-30(46-6-2)32(29)47-7-3)33(43)42-40-20-22-13-14-28(44-4)25(15-22)21-48-34-27(19-39)26(23-11-9-8-10-12-23)18-31(41-34)35(36,37)38/h8-18,20H,5-7,21H2,1-4H3,(H,42,43)/b40-20+. The first-order valence-electron chi connectivity index (χ1n) is 14.9. The molecule has 13 heteroatoms. The van der Waals surface area contributed by atoms with Gasteiger partial charge in [0.15, 0.2) is 11.5 Å². The Labute approximate surface area is 280 Å². The number of rotatable bonds is 14. The summed E-state index contributed by atoms with van der Waals surface area (Å²) in [4.78, 5) is 16.8. The highest BCUT2D eigenvalue weighted by Crippen LogP contribution is 2.40. The van der Waals surface area contributed by atoms with Crippen molar-refractivity contribution in [2.24, 2.45) is 5.10 Å². The quantitative estimate of drug-likeness (QED) is 0.0814. The summed E-state index contributed by atoms with van der Waals surface area (Å²) < 4.78 is 64.0. The van der Waals surface area contributed by atoms with Gasteiger partial charge in [0.05, 0.1) is 38.7 Å². The Morgan fingerprint density at radius 2 is 1.62 bits per heavy atom. The molecule has 250 valence electrons. The number of nitriles is 1. The summed E-state index contributed by atoms with van der Waals surface area (Å²) in [6.45, 7) is 6.54. The van der Waals surface area contributed by atoms with Crippen LogP contribution in [0.15, 0.2) is 76.9 Å². The lowest BCUT2D eigenvalue weighted by Crippen LogP contribution is -2.18. The molecule has 0 saturated carbocycles. The van der Waals surface area contributed by atoms with E-state index < -0.39 is 17.8 Å². The molecule has 0 saturated heterocycles. The van der Waals surface area contributed by atoms with Gasteiger partial charge in [-0.2, -0.15) is 23.5 Å². The van der Waals surface area contributed by atoms with Crippen molar-refractivity contribution >= 4 is 23.9 Å². The van der Waals surface area contributed by atoms with E-state index in [1.54, 1.807) is 60.7 Å². The maximum atomic E-state index is 13.8. The molecule has 1 N–H and O–H groups in total. The molecule has 0 bridgehead atoms. The second-order valence-electron chi connectivity index (χ2n) is 9.87. The van der Waals surface area contributed by atoms with E-state index in [-0.39, 0.29) is 27.5 Å². The van der Waals surface area contributed by atoms with Gasteiger partial charge in [-0.05, 0) is 68.3 Å². The largest absolute Gasteiger partial charge is 0.496 e. The minimum Gasteiger partial charge on any atom is -0.496 e. The fraction of sp³-hybridized carbons (Fsp3) is 0.257. The third kappa shape index (κ3) is 8.77. The topological polar surface area (TPSA) is 115 Å². The van der Waals surface area contributed by atoms with Crippen LogP contribution in [0.1, 0.15) is 53.5 Å². The number of ether oxygens (including phenoxy) is 4. The highest BCUT2D eigenvalue weighted by Gasteiger charge is 2.34. The fourth-order valence-corrected chi connectivity index (χ4v) is 5.59. The Balaban J connectivity index is 1.58. The smallest absolute Gasteiger partial charge is 0.433 e. The number of pyridine rings is 1. The van der Waals surface area contributed by atoms with Gasteiger partial charge in [-0.3, -0.25) is 4.79 Å². The molecule has 1 heterocycles. The van der Waals surface area contributed by atoms with Crippen molar-refractivity contribution in [3.05, 3.63) is 94.7 Å². The van der Waals surface area contributed by atoms with Gasteiger partial charge in [0.25, 0.3) is 5.91 Å². The minimum absolute atomic E-state index is 0.0351. The summed E-state index contributed by atoms with van der Waals surface area (Å²) in [5.41, 5.74) is 3.46. The number of thioether (sulfide) groups is 1. The van der Waals surface area contributed by atoms with Crippen molar-refractivity contribution in [1.29, 1.82) is 5.26 Å². The molecule has 3 aromatic carbocycles. The molecule has 4 rings (SSSR count). The molecule has 1 aromatic heterocycles. The number of nitrogens with one attached hydrogen (secondary N) is 1. The maximum Gasteiger partial charge on any atom is 0.433 e. The predicted octanol–water partition coefficient (Wildman–Crippen LogP) is 7.90. The van der Waals surface area contributed by atoms with Gasteiger partial charge in [-0.1, -0.05) is 30.3 Å². The number of amides is 1. The zero-order chi connectivity index (χ0) is 34.7. The number of alkyl halides is 3. The zero-order valence-corrected chi connectivity index (χ0v) is 27.5. The van der Waals surface area contributed by atoms with Gasteiger partial charge in [0, 0.05) is 22.4 Å². The van der Waals surface area contributed by atoms with E-state index >= 15 is 0 Å². The average molecular weight is 679 g/mol. The SMILES string of the molecule is CCOc1cc(C(=O)N/N=C/c2ccc(OC)c(CSc3nc(C(F)(F)F)cc(-c4ccccc4)c3C#N)c2)cc(OCC)c1OCC. The second kappa shape index (κ2) is 16.6. The van der Waals surface area contributed by atoms with Gasteiger partial charge < -0.3 is 18.9 Å². The lowest BCUT2D eigenvalue weighted by Gasteiger charge is -2.16. The van der Waals surface area contributed by atoms with E-state index in [0.29, 0.717) is 59.5 Å². The van der Waals surface area contributed by atoms with Crippen molar-refractivity contribution in [1.82, 2.24) is 10.4 Å². The maximum absolute atomic E-state index is 13.8. The number of methoxy groups -OCH3 is 1. The number of aromatic nitrogens is 1. The Hall–Kier alpha value is -5.22. The molecule has 0 aliphatic carbocycles. The molecule has 4 aromatic rings. The summed E-state index contributed by atoms with van der Waals surface area (Å²) in [7, 11) is 1.47. The summed E-state index contributed by atoms with van der Waals surface area (Å²) in [6, 6.07) is 19.5. The zero-order valence-electron chi connectivity index (χ0n) is 26.7. The van der Waals surface area contributed by atoms with E-state index in [9.17, 15) is 23.2 Å². The molecular weight excluding hydrogens is 645 g/mol. The van der Waals surface area contributed by atoms with Crippen LogP contribution < -0.4 is 24.4 Å². The summed E-state index contributed by atoms with van der Waals surface area (Å²) in [6.07, 6.45) is -3.30. The van der Waals surface area contributed by atoms with Crippen LogP contribution in [0.3, 0.4) is 0 Å².